The monoisotopic (exact) mass is 239 g/mol. The van der Waals surface area contributed by atoms with E-state index < -0.39 is 0 Å². The van der Waals surface area contributed by atoms with E-state index in [0.29, 0.717) is 0 Å². The van der Waals surface area contributed by atoms with Gasteiger partial charge < -0.3 is 13.8 Å². The molecular formula is C13H19Zn-3. The van der Waals surface area contributed by atoms with Gasteiger partial charge in [0, 0.05) is 19.5 Å². The molecule has 0 saturated carbocycles. The van der Waals surface area contributed by atoms with Crippen molar-refractivity contribution in [3.63, 3.8) is 0 Å². The van der Waals surface area contributed by atoms with E-state index in [-0.39, 0.29) is 19.5 Å². The molecule has 0 unspecified atom stereocenters. The van der Waals surface area contributed by atoms with Gasteiger partial charge in [-0.25, -0.2) is 5.57 Å². The Kier molecular flexibility index (Phi) is 20.7. The van der Waals surface area contributed by atoms with Gasteiger partial charge in [-0.1, -0.05) is 25.1 Å². The zero-order chi connectivity index (χ0) is 10.7. The van der Waals surface area contributed by atoms with Gasteiger partial charge in [0.15, 0.2) is 0 Å². The maximum Gasteiger partial charge on any atom is 0 e. The van der Waals surface area contributed by atoms with E-state index in [9.17, 15) is 0 Å². The molecule has 0 atom stereocenters. The normalized spacial score (nSPS) is 6.64. The van der Waals surface area contributed by atoms with Crippen LogP contribution in [0.3, 0.4) is 0 Å². The minimum atomic E-state index is 0. The largest absolute Gasteiger partial charge is 0.346 e. The first-order valence-electron chi connectivity index (χ1n) is 4.36. The van der Waals surface area contributed by atoms with Crippen LogP contribution in [0.15, 0.2) is 30.3 Å². The van der Waals surface area contributed by atoms with Crippen LogP contribution in [-0.4, -0.2) is 0 Å². The van der Waals surface area contributed by atoms with Crippen LogP contribution >= 0.6 is 0 Å². The molecule has 0 fully saturated rings. The molecule has 1 aromatic carbocycles. The van der Waals surface area contributed by atoms with E-state index >= 15 is 0 Å². The summed E-state index contributed by atoms with van der Waals surface area (Å²) in [6.07, 6.45) is 0. The summed E-state index contributed by atoms with van der Waals surface area (Å²) in [7, 11) is 0. The minimum Gasteiger partial charge on any atom is -0.346 e. The smallest absolute Gasteiger partial charge is 0 e. The standard InChI is InChI=1S/C9H9.2C2H5.Zn/c1-8(2)9-6-4-3-5-7-9;2*1-2;/h1,3-7H,2H3;2*1H2,2H3;/q3*-1;. The zero-order valence-electron chi connectivity index (χ0n) is 9.59. The quantitative estimate of drug-likeness (QED) is 0.510. The van der Waals surface area contributed by atoms with Gasteiger partial charge in [0.2, 0.25) is 0 Å². The van der Waals surface area contributed by atoms with Crippen LogP contribution in [0, 0.1) is 20.4 Å². The van der Waals surface area contributed by atoms with Crippen molar-refractivity contribution in [2.45, 2.75) is 20.8 Å². The Labute approximate surface area is 102 Å². The van der Waals surface area contributed by atoms with Crippen molar-refractivity contribution >= 4 is 5.57 Å². The Bertz CT molecular complexity index is 202. The fourth-order valence-electron chi connectivity index (χ4n) is 0.701. The molecule has 0 aliphatic carbocycles. The molecule has 0 radical (unpaired) electrons. The molecule has 0 saturated heterocycles. The van der Waals surface area contributed by atoms with Crippen LogP contribution in [0.2, 0.25) is 0 Å². The van der Waals surface area contributed by atoms with Crippen molar-refractivity contribution in [2.75, 3.05) is 0 Å². The van der Waals surface area contributed by atoms with E-state index in [4.69, 9.17) is 6.58 Å². The predicted molar refractivity (Wildman–Crippen MR) is 61.9 cm³/mol. The minimum absolute atomic E-state index is 0. The summed E-state index contributed by atoms with van der Waals surface area (Å²) in [6.45, 7) is 17.4. The molecule has 76 valence electrons. The summed E-state index contributed by atoms with van der Waals surface area (Å²) in [5, 5.41) is 0. The molecule has 0 heterocycles. The molecule has 1 rings (SSSR count). The Morgan fingerprint density at radius 1 is 1.00 bits per heavy atom. The average molecular weight is 241 g/mol. The predicted octanol–water partition coefficient (Wildman–Crippen LogP) is 4.20. The van der Waals surface area contributed by atoms with Gasteiger partial charge in [-0.05, 0) is 0 Å². The van der Waals surface area contributed by atoms with Crippen molar-refractivity contribution < 1.29 is 19.5 Å². The van der Waals surface area contributed by atoms with Crippen LogP contribution in [0.25, 0.3) is 5.57 Å². The first-order chi connectivity index (χ1) is 6.30. The van der Waals surface area contributed by atoms with Gasteiger partial charge in [-0.15, -0.1) is 12.1 Å². The van der Waals surface area contributed by atoms with Gasteiger partial charge in [-0.2, -0.15) is 19.4 Å². The molecule has 0 aliphatic rings. The molecule has 14 heavy (non-hydrogen) atoms. The second kappa shape index (κ2) is 15.1. The van der Waals surface area contributed by atoms with E-state index in [1.807, 2.05) is 37.3 Å². The number of allylic oxidation sites excluding steroid dienone is 1. The number of rotatable bonds is 1. The van der Waals surface area contributed by atoms with Crippen molar-refractivity contribution in [3.05, 3.63) is 56.3 Å². The zero-order valence-corrected chi connectivity index (χ0v) is 12.6. The van der Waals surface area contributed by atoms with E-state index in [1.54, 1.807) is 13.8 Å². The van der Waals surface area contributed by atoms with Crippen LogP contribution in [0.1, 0.15) is 26.3 Å². The first kappa shape index (κ1) is 19.2. The van der Waals surface area contributed by atoms with Crippen molar-refractivity contribution in [3.8, 4) is 0 Å². The second-order valence-corrected chi connectivity index (χ2v) is 2.05. The summed E-state index contributed by atoms with van der Waals surface area (Å²) in [5.74, 6) is 0. The number of hydrogen-bond donors (Lipinski definition) is 0. The van der Waals surface area contributed by atoms with Crippen LogP contribution in [0.5, 0.6) is 0 Å². The van der Waals surface area contributed by atoms with Gasteiger partial charge in [0.1, 0.15) is 0 Å². The van der Waals surface area contributed by atoms with Crippen LogP contribution in [-0.2, 0) is 19.5 Å². The van der Waals surface area contributed by atoms with Crippen LogP contribution < -0.4 is 0 Å². The Balaban J connectivity index is -0.000000216. The van der Waals surface area contributed by atoms with Crippen molar-refractivity contribution in [1.29, 1.82) is 0 Å². The molecule has 0 N–H and O–H groups in total. The summed E-state index contributed by atoms with van der Waals surface area (Å²) in [6, 6.07) is 9.93. The number of hydrogen-bond acceptors (Lipinski definition) is 0. The summed E-state index contributed by atoms with van der Waals surface area (Å²) < 4.78 is 0. The molecule has 0 spiro atoms. The molecule has 1 aromatic rings. The second-order valence-electron chi connectivity index (χ2n) is 2.05. The molecule has 0 aliphatic heterocycles. The van der Waals surface area contributed by atoms with Gasteiger partial charge in [-0.3, -0.25) is 6.58 Å². The third-order valence-corrected chi connectivity index (χ3v) is 1.23. The number of benzene rings is 1. The molecule has 0 amide bonds. The van der Waals surface area contributed by atoms with Gasteiger partial charge >= 0.3 is 0 Å². The molecule has 0 aromatic heterocycles. The summed E-state index contributed by atoms with van der Waals surface area (Å²) in [5.41, 5.74) is 1.98. The molecule has 0 bridgehead atoms. The molecule has 1 heteroatoms. The van der Waals surface area contributed by atoms with E-state index in [0.717, 1.165) is 11.1 Å². The fourth-order valence-corrected chi connectivity index (χ4v) is 0.701. The third-order valence-electron chi connectivity index (χ3n) is 1.23. The van der Waals surface area contributed by atoms with Gasteiger partial charge in [0.05, 0.1) is 0 Å². The third kappa shape index (κ3) is 9.67. The summed E-state index contributed by atoms with van der Waals surface area (Å²) in [4.78, 5) is 0. The first-order valence-corrected chi connectivity index (χ1v) is 4.36. The topological polar surface area (TPSA) is 0 Å². The van der Waals surface area contributed by atoms with Crippen molar-refractivity contribution in [1.82, 2.24) is 0 Å². The van der Waals surface area contributed by atoms with E-state index in [1.165, 1.54) is 0 Å². The fraction of sp³-hybridized carbons (Fsp3) is 0.231. The Morgan fingerprint density at radius 2 is 1.36 bits per heavy atom. The SMILES string of the molecule is [CH-]=C(C)c1ccccc1.[CH2-]C.[CH2-]C.[Zn]. The van der Waals surface area contributed by atoms with Crippen LogP contribution in [0.4, 0.5) is 0 Å². The molecule has 0 nitrogen and oxygen atoms in total. The average Bonchev–Trinajstić information content (AvgIpc) is 2.25. The Morgan fingerprint density at radius 3 is 1.57 bits per heavy atom. The molecular weight excluding hydrogens is 222 g/mol. The summed E-state index contributed by atoms with van der Waals surface area (Å²) >= 11 is 0. The van der Waals surface area contributed by atoms with E-state index in [2.05, 4.69) is 13.8 Å². The van der Waals surface area contributed by atoms with Gasteiger partial charge in [0.25, 0.3) is 0 Å². The maximum absolute atomic E-state index is 5.53. The maximum atomic E-state index is 5.53. The van der Waals surface area contributed by atoms with Crippen molar-refractivity contribution in [2.24, 2.45) is 0 Å². The Hall–Kier alpha value is -0.417.